The van der Waals surface area contributed by atoms with E-state index in [0.29, 0.717) is 16.7 Å². The molecule has 0 saturated carbocycles. The van der Waals surface area contributed by atoms with E-state index in [1.165, 1.54) is 46.4 Å². The molecule has 66 heavy (non-hydrogen) atoms. The largest absolute Gasteiger partial charge is 0.416 e. The normalized spacial score (nSPS) is 12.1. The molecule has 13 aromatic rings. The van der Waals surface area contributed by atoms with Crippen molar-refractivity contribution in [1.82, 2.24) is 9.13 Å². The van der Waals surface area contributed by atoms with E-state index < -0.39 is 11.7 Å². The van der Waals surface area contributed by atoms with Gasteiger partial charge in [0.1, 0.15) is 0 Å². The predicted octanol–water partition coefficient (Wildman–Crippen LogP) is 16.7. The van der Waals surface area contributed by atoms with E-state index in [-0.39, 0.29) is 5.56 Å². The second-order valence-corrected chi connectivity index (χ2v) is 18.6. The average molecular weight is 891 g/mol. The molecule has 0 fully saturated rings. The zero-order chi connectivity index (χ0) is 44.4. The number of alkyl halides is 3. The molecule has 0 atom stereocenters. The Bertz CT molecular complexity index is 4320. The Morgan fingerprint density at radius 1 is 0.424 bits per heavy atom. The number of halogens is 3. The third-order valence-corrected chi connectivity index (χ3v) is 15.4. The van der Waals surface area contributed by atoms with E-state index in [0.717, 1.165) is 78.2 Å². The third kappa shape index (κ3) is 5.48. The van der Waals surface area contributed by atoms with E-state index in [9.17, 15) is 23.7 Å². The van der Waals surface area contributed by atoms with Crippen LogP contribution in [0.25, 0.3) is 118 Å². The quantitative estimate of drug-likeness (QED) is 0.177. The number of thiophene rings is 2. The molecule has 4 nitrogen and oxygen atoms in total. The van der Waals surface area contributed by atoms with Gasteiger partial charge in [0.05, 0.1) is 62.3 Å². The summed E-state index contributed by atoms with van der Waals surface area (Å²) in [5, 5.41) is 30.1. The van der Waals surface area contributed by atoms with Crippen LogP contribution in [0.5, 0.6) is 0 Å². The van der Waals surface area contributed by atoms with Gasteiger partial charge >= 0.3 is 6.18 Å². The summed E-state index contributed by atoms with van der Waals surface area (Å²) in [7, 11) is 0. The lowest BCUT2D eigenvalue weighted by atomic mass is 9.92. The van der Waals surface area contributed by atoms with Gasteiger partial charge in [-0.05, 0) is 90.0 Å². The highest BCUT2D eigenvalue weighted by Gasteiger charge is 2.31. The van der Waals surface area contributed by atoms with Gasteiger partial charge in [-0.1, -0.05) is 97.1 Å². The van der Waals surface area contributed by atoms with E-state index in [2.05, 4.69) is 130 Å². The molecule has 0 bridgehead atoms. The molecule has 0 saturated heterocycles. The topological polar surface area (TPSA) is 57.4 Å². The summed E-state index contributed by atoms with van der Waals surface area (Å²) in [6.07, 6.45) is -4.62. The number of fused-ring (bicyclic) bond motifs is 14. The number of hydrogen-bond acceptors (Lipinski definition) is 4. The molecule has 0 aliphatic rings. The summed E-state index contributed by atoms with van der Waals surface area (Å²) in [6.45, 7) is 0. The monoisotopic (exact) mass is 890 g/mol. The molecule has 4 heterocycles. The van der Waals surface area contributed by atoms with Crippen LogP contribution in [0.2, 0.25) is 0 Å². The van der Waals surface area contributed by atoms with Crippen molar-refractivity contribution in [2.75, 3.05) is 0 Å². The van der Waals surface area contributed by atoms with Crippen molar-refractivity contribution >= 4 is 107 Å². The Labute approximate surface area is 382 Å². The Kier molecular flexibility index (Phi) is 8.20. The molecule has 0 spiro atoms. The predicted molar refractivity (Wildman–Crippen MR) is 266 cm³/mol. The first-order valence-corrected chi connectivity index (χ1v) is 22.9. The highest BCUT2D eigenvalue weighted by Crippen LogP contribution is 2.48. The number of hydrogen-bond donors (Lipinski definition) is 0. The molecule has 0 N–H and O–H groups in total. The zero-order valence-corrected chi connectivity index (χ0v) is 36.1. The molecule has 0 radical (unpaired) electrons. The van der Waals surface area contributed by atoms with E-state index in [4.69, 9.17) is 0 Å². The van der Waals surface area contributed by atoms with Crippen LogP contribution < -0.4 is 0 Å². The summed E-state index contributed by atoms with van der Waals surface area (Å²) in [5.41, 5.74) is 7.44. The van der Waals surface area contributed by atoms with Crippen LogP contribution in [-0.2, 0) is 6.18 Å². The molecule has 0 aliphatic carbocycles. The van der Waals surface area contributed by atoms with Crippen LogP contribution >= 0.6 is 22.7 Å². The lowest BCUT2D eigenvalue weighted by Crippen LogP contribution is -2.05. The average Bonchev–Trinajstić information content (AvgIpc) is 4.11. The number of nitrogens with zero attached hydrogens (tertiary/aromatic N) is 4. The minimum atomic E-state index is -4.62. The smallest absolute Gasteiger partial charge is 0.309 e. The second kappa shape index (κ2) is 14.1. The maximum absolute atomic E-state index is 14.0. The van der Waals surface area contributed by atoms with Gasteiger partial charge in [0.15, 0.2) is 0 Å². The van der Waals surface area contributed by atoms with Crippen molar-refractivity contribution in [1.29, 1.82) is 10.5 Å². The lowest BCUT2D eigenvalue weighted by molar-refractivity contribution is -0.137. The fourth-order valence-electron chi connectivity index (χ4n) is 10.2. The van der Waals surface area contributed by atoms with Crippen molar-refractivity contribution < 1.29 is 13.2 Å². The fourth-order valence-corrected chi connectivity index (χ4v) is 12.7. The third-order valence-electron chi connectivity index (χ3n) is 13.0. The summed E-state index contributed by atoms with van der Waals surface area (Å²) < 4.78 is 51.4. The maximum Gasteiger partial charge on any atom is 0.416 e. The van der Waals surface area contributed by atoms with Gasteiger partial charge in [0.2, 0.25) is 0 Å². The van der Waals surface area contributed by atoms with E-state index in [1.807, 2.05) is 48.5 Å². The summed E-state index contributed by atoms with van der Waals surface area (Å²) in [6, 6.07) is 61.8. The molecule has 13 rings (SSSR count). The van der Waals surface area contributed by atoms with Gasteiger partial charge in [-0.25, -0.2) is 0 Å². The van der Waals surface area contributed by atoms with Gasteiger partial charge in [-0.2, -0.15) is 23.7 Å². The maximum atomic E-state index is 14.0. The molecule has 9 heteroatoms. The Hall–Kier alpha value is -8.21. The molecule has 4 aromatic heterocycles. The minimum Gasteiger partial charge on any atom is -0.309 e. The van der Waals surface area contributed by atoms with E-state index >= 15 is 0 Å². The number of benzene rings is 9. The highest BCUT2D eigenvalue weighted by atomic mass is 32.1. The summed E-state index contributed by atoms with van der Waals surface area (Å²) in [5.74, 6) is 0. The summed E-state index contributed by atoms with van der Waals surface area (Å²) >= 11 is 3.54. The second-order valence-electron chi connectivity index (χ2n) is 16.5. The standard InChI is InChI=1S/C57H29F3N4S2/c58-57(59,60)35-19-20-36(34(28-35)31-62)33-18-24-48(64-46-14-6-2-12-42(46)54-50(64)26-22-40-38-10-4-8-16-52(38)66-56(40)54)44(29-33)43-27-32(30-61)17-23-47(43)63-45-13-5-1-11-41(45)53-49(63)25-21-39-37-9-3-7-15-51(37)65-55(39)53/h1-29H. The first-order chi connectivity index (χ1) is 32.3. The van der Waals surface area contributed by atoms with Gasteiger partial charge in [0.25, 0.3) is 0 Å². The van der Waals surface area contributed by atoms with E-state index in [1.54, 1.807) is 22.7 Å². The number of aromatic nitrogens is 2. The Balaban J connectivity index is 1.16. The summed E-state index contributed by atoms with van der Waals surface area (Å²) in [4.78, 5) is 0. The molecular formula is C57H29F3N4S2. The van der Waals surface area contributed by atoms with Crippen molar-refractivity contribution in [3.8, 4) is 45.8 Å². The fraction of sp³-hybridized carbons (Fsp3) is 0.0175. The van der Waals surface area contributed by atoms with Gasteiger partial charge < -0.3 is 9.13 Å². The van der Waals surface area contributed by atoms with Crippen LogP contribution in [0, 0.1) is 22.7 Å². The Morgan fingerprint density at radius 3 is 1.48 bits per heavy atom. The molecule has 0 amide bonds. The van der Waals surface area contributed by atoms with Gasteiger partial charge in [0, 0.05) is 73.0 Å². The minimum absolute atomic E-state index is 0.0895. The zero-order valence-electron chi connectivity index (χ0n) is 34.5. The van der Waals surface area contributed by atoms with Crippen molar-refractivity contribution in [2.45, 2.75) is 6.18 Å². The van der Waals surface area contributed by atoms with Gasteiger partial charge in [-0.15, -0.1) is 22.7 Å². The number of rotatable bonds is 4. The SMILES string of the molecule is N#Cc1ccc(-n2c3ccccc3c3c4sc5ccccc5c4ccc32)c(-c2cc(-c3ccc(C(F)(F)F)cc3C#N)ccc2-n2c3ccccc3c3c4sc5ccccc5c4ccc32)c1. The molecule has 0 aliphatic heterocycles. The molecule has 9 aromatic carbocycles. The molecular weight excluding hydrogens is 862 g/mol. The number of para-hydroxylation sites is 2. The van der Waals surface area contributed by atoms with Crippen LogP contribution in [0.1, 0.15) is 16.7 Å². The van der Waals surface area contributed by atoms with Crippen molar-refractivity contribution in [2.24, 2.45) is 0 Å². The van der Waals surface area contributed by atoms with Crippen molar-refractivity contribution in [3.63, 3.8) is 0 Å². The molecule has 0 unspecified atom stereocenters. The first-order valence-electron chi connectivity index (χ1n) is 21.3. The first kappa shape index (κ1) is 38.3. The highest BCUT2D eigenvalue weighted by molar-refractivity contribution is 7.27. The Morgan fingerprint density at radius 2 is 0.939 bits per heavy atom. The van der Waals surface area contributed by atoms with Crippen LogP contribution in [0.4, 0.5) is 13.2 Å². The van der Waals surface area contributed by atoms with Crippen LogP contribution in [-0.4, -0.2) is 9.13 Å². The van der Waals surface area contributed by atoms with Crippen molar-refractivity contribution in [3.05, 3.63) is 193 Å². The van der Waals surface area contributed by atoms with Gasteiger partial charge in [-0.3, -0.25) is 0 Å². The number of nitriles is 2. The lowest BCUT2D eigenvalue weighted by Gasteiger charge is -2.20. The van der Waals surface area contributed by atoms with Crippen LogP contribution in [0.3, 0.4) is 0 Å². The molecule has 310 valence electrons. The van der Waals surface area contributed by atoms with Crippen LogP contribution in [0.15, 0.2) is 176 Å².